The molecule has 0 aliphatic carbocycles. The minimum atomic E-state index is -3.11. The summed E-state index contributed by atoms with van der Waals surface area (Å²) in [5, 5.41) is 0. The Hall–Kier alpha value is -1.18. The molecule has 7 heteroatoms. The summed E-state index contributed by atoms with van der Waals surface area (Å²) >= 11 is 0. The molecule has 1 saturated heterocycles. The topological polar surface area (TPSA) is 52.7 Å². The molecule has 1 aromatic rings. The second kappa shape index (κ2) is 7.89. The van der Waals surface area contributed by atoms with E-state index in [4.69, 9.17) is 0 Å². The molecule has 0 amide bonds. The molecule has 0 spiro atoms. The fourth-order valence-corrected chi connectivity index (χ4v) is 3.67. The second-order valence-corrected chi connectivity index (χ2v) is 7.44. The molecule has 1 aromatic carbocycles. The van der Waals surface area contributed by atoms with Crippen LogP contribution in [0.3, 0.4) is 0 Å². The molecule has 22 heavy (non-hydrogen) atoms. The molecule has 1 aliphatic rings. The molecular formula is C15H24FN3O2S. The van der Waals surface area contributed by atoms with Gasteiger partial charge in [-0.2, -0.15) is 0 Å². The van der Waals surface area contributed by atoms with Gasteiger partial charge in [0.2, 0.25) is 10.0 Å². The van der Waals surface area contributed by atoms with E-state index in [1.54, 1.807) is 12.1 Å². The van der Waals surface area contributed by atoms with Gasteiger partial charge in [0.05, 0.1) is 5.75 Å². The summed E-state index contributed by atoms with van der Waals surface area (Å²) in [5.41, 5.74) is 1.03. The number of nitrogens with zero attached hydrogens (tertiary/aromatic N) is 2. The maximum absolute atomic E-state index is 12.9. The summed E-state index contributed by atoms with van der Waals surface area (Å²) < 4.78 is 38.7. The van der Waals surface area contributed by atoms with Gasteiger partial charge in [-0.05, 0) is 30.7 Å². The minimum Gasteiger partial charge on any atom is -0.369 e. The van der Waals surface area contributed by atoms with Crippen molar-refractivity contribution in [1.29, 1.82) is 0 Å². The van der Waals surface area contributed by atoms with Crippen molar-refractivity contribution >= 4 is 15.7 Å². The van der Waals surface area contributed by atoms with Crippen LogP contribution in [-0.4, -0.2) is 58.3 Å². The number of sulfonamides is 1. The number of halogens is 1. The lowest BCUT2D eigenvalue weighted by molar-refractivity contribution is 0.262. The molecule has 1 heterocycles. The zero-order valence-corrected chi connectivity index (χ0v) is 13.8. The molecule has 0 bridgehead atoms. The Morgan fingerprint density at radius 2 is 1.77 bits per heavy atom. The van der Waals surface area contributed by atoms with Gasteiger partial charge in [-0.1, -0.05) is 6.92 Å². The van der Waals surface area contributed by atoms with Gasteiger partial charge >= 0.3 is 0 Å². The third-order valence-corrected chi connectivity index (χ3v) is 5.38. The minimum absolute atomic E-state index is 0.186. The van der Waals surface area contributed by atoms with Crippen LogP contribution in [0.5, 0.6) is 0 Å². The Morgan fingerprint density at radius 3 is 2.36 bits per heavy atom. The summed E-state index contributed by atoms with van der Waals surface area (Å²) in [6.07, 6.45) is 0.631. The molecule has 0 radical (unpaired) electrons. The summed E-state index contributed by atoms with van der Waals surface area (Å²) in [4.78, 5) is 4.46. The summed E-state index contributed by atoms with van der Waals surface area (Å²) in [5.74, 6) is -0.0347. The molecule has 1 N–H and O–H groups in total. The van der Waals surface area contributed by atoms with Crippen molar-refractivity contribution in [2.75, 3.05) is 49.9 Å². The lowest BCUT2D eigenvalue weighted by Crippen LogP contribution is -2.48. The molecule has 2 rings (SSSR count). The molecule has 1 fully saturated rings. The van der Waals surface area contributed by atoms with Crippen LogP contribution in [0, 0.1) is 5.82 Å². The van der Waals surface area contributed by atoms with Crippen molar-refractivity contribution in [2.45, 2.75) is 13.3 Å². The zero-order chi connectivity index (χ0) is 16.0. The molecule has 124 valence electrons. The van der Waals surface area contributed by atoms with Crippen LogP contribution in [0.4, 0.5) is 10.1 Å². The van der Waals surface area contributed by atoms with Gasteiger partial charge in [0.15, 0.2) is 0 Å². The van der Waals surface area contributed by atoms with E-state index in [9.17, 15) is 12.8 Å². The monoisotopic (exact) mass is 329 g/mol. The first-order chi connectivity index (χ1) is 10.5. The van der Waals surface area contributed by atoms with Gasteiger partial charge in [0.1, 0.15) is 5.82 Å². The van der Waals surface area contributed by atoms with Gasteiger partial charge in [0.25, 0.3) is 0 Å². The van der Waals surface area contributed by atoms with Gasteiger partial charge in [-0.15, -0.1) is 0 Å². The van der Waals surface area contributed by atoms with Crippen LogP contribution in [0.1, 0.15) is 13.3 Å². The fraction of sp³-hybridized carbons (Fsp3) is 0.600. The van der Waals surface area contributed by atoms with E-state index < -0.39 is 10.0 Å². The van der Waals surface area contributed by atoms with Crippen molar-refractivity contribution in [2.24, 2.45) is 0 Å². The first kappa shape index (κ1) is 17.2. The zero-order valence-electron chi connectivity index (χ0n) is 13.0. The average molecular weight is 329 g/mol. The van der Waals surface area contributed by atoms with Crippen LogP contribution in [0.15, 0.2) is 24.3 Å². The Bertz CT molecular complexity index is 555. The third-order valence-electron chi connectivity index (χ3n) is 3.79. The number of hydrogen-bond donors (Lipinski definition) is 1. The van der Waals surface area contributed by atoms with Gasteiger partial charge in [0, 0.05) is 45.0 Å². The number of nitrogens with one attached hydrogen (secondary N) is 1. The molecule has 0 unspecified atom stereocenters. The first-order valence-electron chi connectivity index (χ1n) is 7.70. The first-order valence-corrected chi connectivity index (χ1v) is 9.35. The summed E-state index contributed by atoms with van der Waals surface area (Å²) in [6, 6.07) is 6.54. The van der Waals surface area contributed by atoms with Gasteiger partial charge in [-0.25, -0.2) is 17.5 Å². The van der Waals surface area contributed by atoms with Gasteiger partial charge < -0.3 is 4.90 Å². The van der Waals surface area contributed by atoms with Crippen LogP contribution in [0.2, 0.25) is 0 Å². The van der Waals surface area contributed by atoms with Gasteiger partial charge in [-0.3, -0.25) is 4.90 Å². The van der Waals surface area contributed by atoms with Crippen LogP contribution >= 0.6 is 0 Å². The molecular weight excluding hydrogens is 305 g/mol. The van der Waals surface area contributed by atoms with Crippen LogP contribution < -0.4 is 9.62 Å². The maximum Gasteiger partial charge on any atom is 0.211 e. The second-order valence-electron chi connectivity index (χ2n) is 5.52. The number of anilines is 1. The number of rotatable bonds is 7. The van der Waals surface area contributed by atoms with Crippen molar-refractivity contribution in [1.82, 2.24) is 9.62 Å². The molecule has 0 atom stereocenters. The lowest BCUT2D eigenvalue weighted by atomic mass is 10.2. The van der Waals surface area contributed by atoms with E-state index in [1.165, 1.54) is 12.1 Å². The summed E-state index contributed by atoms with van der Waals surface area (Å²) in [7, 11) is -3.11. The molecule has 0 aromatic heterocycles. The highest BCUT2D eigenvalue weighted by atomic mass is 32.2. The van der Waals surface area contributed by atoms with E-state index >= 15 is 0 Å². The van der Waals surface area contributed by atoms with E-state index in [-0.39, 0.29) is 11.6 Å². The van der Waals surface area contributed by atoms with Crippen molar-refractivity contribution in [3.8, 4) is 0 Å². The van der Waals surface area contributed by atoms with Crippen molar-refractivity contribution in [3.63, 3.8) is 0 Å². The number of piperazine rings is 1. The quantitative estimate of drug-likeness (QED) is 0.819. The highest BCUT2D eigenvalue weighted by Crippen LogP contribution is 2.16. The molecule has 1 aliphatic heterocycles. The van der Waals surface area contributed by atoms with E-state index in [1.807, 2.05) is 6.92 Å². The Kier molecular flexibility index (Phi) is 6.16. The Morgan fingerprint density at radius 1 is 1.14 bits per heavy atom. The summed E-state index contributed by atoms with van der Waals surface area (Å²) in [6.45, 7) is 6.54. The highest BCUT2D eigenvalue weighted by Gasteiger charge is 2.17. The predicted molar refractivity (Wildman–Crippen MR) is 87.1 cm³/mol. The maximum atomic E-state index is 12.9. The van der Waals surface area contributed by atoms with Crippen molar-refractivity contribution < 1.29 is 12.8 Å². The predicted octanol–water partition coefficient (Wildman–Crippen LogP) is 1.28. The third kappa shape index (κ3) is 5.23. The SMILES string of the molecule is CCCS(=O)(=O)NCCN1CCN(c2ccc(F)cc2)CC1. The highest BCUT2D eigenvalue weighted by molar-refractivity contribution is 7.89. The fourth-order valence-electron chi connectivity index (χ4n) is 2.58. The number of benzene rings is 1. The van der Waals surface area contributed by atoms with Crippen molar-refractivity contribution in [3.05, 3.63) is 30.1 Å². The Balaban J connectivity index is 1.72. The van der Waals surface area contributed by atoms with Crippen LogP contribution in [-0.2, 0) is 10.0 Å². The van der Waals surface area contributed by atoms with E-state index in [0.717, 1.165) is 38.4 Å². The molecule has 5 nitrogen and oxygen atoms in total. The lowest BCUT2D eigenvalue weighted by Gasteiger charge is -2.36. The molecule has 0 saturated carbocycles. The smallest absolute Gasteiger partial charge is 0.211 e. The Labute approximate surface area is 132 Å². The largest absolute Gasteiger partial charge is 0.369 e. The standard InChI is InChI=1S/C15H24FN3O2S/c1-2-13-22(20,21)17-7-8-18-9-11-19(12-10-18)15-5-3-14(16)4-6-15/h3-6,17H,2,7-13H2,1H3. The number of hydrogen-bond acceptors (Lipinski definition) is 4. The van der Waals surface area contributed by atoms with Crippen LogP contribution in [0.25, 0.3) is 0 Å². The van der Waals surface area contributed by atoms with E-state index in [0.29, 0.717) is 13.0 Å². The average Bonchev–Trinajstić information content (AvgIpc) is 2.48. The van der Waals surface area contributed by atoms with E-state index in [2.05, 4.69) is 14.5 Å². The normalized spacial score (nSPS) is 16.9.